The van der Waals surface area contributed by atoms with Crippen LogP contribution < -0.4 is 5.73 Å². The van der Waals surface area contributed by atoms with Crippen molar-refractivity contribution in [2.24, 2.45) is 5.73 Å². The second-order valence-electron chi connectivity index (χ2n) is 2.46. The van der Waals surface area contributed by atoms with Crippen molar-refractivity contribution in [3.05, 3.63) is 33.8 Å². The molecule has 0 aliphatic rings. The zero-order chi connectivity index (χ0) is 9.14. The molecule has 1 aromatic carbocycles. The van der Waals surface area contributed by atoms with E-state index in [1.165, 1.54) is 0 Å². The van der Waals surface area contributed by atoms with Crippen LogP contribution in [0.1, 0.15) is 11.6 Å². The Morgan fingerprint density at radius 2 is 2.00 bits per heavy atom. The van der Waals surface area contributed by atoms with Gasteiger partial charge in [-0.2, -0.15) is 12.6 Å². The van der Waals surface area contributed by atoms with Gasteiger partial charge in [0.15, 0.2) is 0 Å². The lowest BCUT2D eigenvalue weighted by Crippen LogP contribution is -2.11. The number of benzene rings is 1. The van der Waals surface area contributed by atoms with Gasteiger partial charge in [-0.05, 0) is 17.7 Å². The molecule has 12 heavy (non-hydrogen) atoms. The van der Waals surface area contributed by atoms with Gasteiger partial charge in [0.1, 0.15) is 0 Å². The molecular formula is C8H9Cl2NS. The first-order valence-corrected chi connectivity index (χ1v) is 4.85. The highest BCUT2D eigenvalue weighted by Gasteiger charge is 2.05. The highest BCUT2D eigenvalue weighted by Crippen LogP contribution is 2.25. The molecular weight excluding hydrogens is 213 g/mol. The number of thiol groups is 1. The zero-order valence-electron chi connectivity index (χ0n) is 6.30. The Morgan fingerprint density at radius 1 is 1.33 bits per heavy atom. The van der Waals surface area contributed by atoms with Crippen LogP contribution in [0.3, 0.4) is 0 Å². The van der Waals surface area contributed by atoms with E-state index in [-0.39, 0.29) is 6.04 Å². The number of hydrogen-bond donors (Lipinski definition) is 2. The van der Waals surface area contributed by atoms with Gasteiger partial charge >= 0.3 is 0 Å². The molecule has 0 amide bonds. The van der Waals surface area contributed by atoms with Crippen molar-refractivity contribution in [3.8, 4) is 0 Å². The fraction of sp³-hybridized carbons (Fsp3) is 0.250. The molecule has 0 aliphatic carbocycles. The van der Waals surface area contributed by atoms with Crippen molar-refractivity contribution in [2.45, 2.75) is 6.04 Å². The Kier molecular flexibility index (Phi) is 3.72. The molecule has 0 saturated carbocycles. The van der Waals surface area contributed by atoms with Crippen LogP contribution in [-0.4, -0.2) is 5.75 Å². The molecule has 0 heterocycles. The smallest absolute Gasteiger partial charge is 0.0595 e. The Hall–Kier alpha value is 0.110. The Balaban J connectivity index is 2.96. The largest absolute Gasteiger partial charge is 0.323 e. The topological polar surface area (TPSA) is 26.0 Å². The molecule has 1 nitrogen and oxygen atoms in total. The van der Waals surface area contributed by atoms with Crippen LogP contribution >= 0.6 is 35.8 Å². The van der Waals surface area contributed by atoms with Crippen LogP contribution in [0.15, 0.2) is 18.2 Å². The summed E-state index contributed by atoms with van der Waals surface area (Å²) < 4.78 is 0. The first kappa shape index (κ1) is 10.2. The van der Waals surface area contributed by atoms with E-state index in [2.05, 4.69) is 12.6 Å². The maximum Gasteiger partial charge on any atom is 0.0595 e. The molecule has 4 heteroatoms. The maximum atomic E-state index is 5.80. The lowest BCUT2D eigenvalue weighted by molar-refractivity contribution is 0.834. The molecule has 1 aromatic rings. The average molecular weight is 222 g/mol. The summed E-state index contributed by atoms with van der Waals surface area (Å²) in [4.78, 5) is 0. The van der Waals surface area contributed by atoms with E-state index in [0.717, 1.165) is 5.56 Å². The fourth-order valence-corrected chi connectivity index (χ4v) is 1.37. The predicted molar refractivity (Wildman–Crippen MR) is 57.2 cm³/mol. The summed E-state index contributed by atoms with van der Waals surface area (Å²) >= 11 is 15.6. The molecule has 0 aliphatic heterocycles. The van der Waals surface area contributed by atoms with Gasteiger partial charge in [0, 0.05) is 11.8 Å². The fourth-order valence-electron chi connectivity index (χ4n) is 0.848. The molecule has 1 rings (SSSR count). The zero-order valence-corrected chi connectivity index (χ0v) is 8.70. The molecule has 1 unspecified atom stereocenters. The lowest BCUT2D eigenvalue weighted by atomic mass is 10.1. The highest BCUT2D eigenvalue weighted by molar-refractivity contribution is 7.80. The minimum atomic E-state index is -0.0805. The Bertz CT molecular complexity index is 278. The number of halogens is 2. The molecule has 0 spiro atoms. The van der Waals surface area contributed by atoms with Crippen LogP contribution in [0, 0.1) is 0 Å². The monoisotopic (exact) mass is 221 g/mol. The molecule has 2 N–H and O–H groups in total. The third-order valence-electron chi connectivity index (χ3n) is 1.57. The highest BCUT2D eigenvalue weighted by atomic mass is 35.5. The van der Waals surface area contributed by atoms with Crippen molar-refractivity contribution in [3.63, 3.8) is 0 Å². The van der Waals surface area contributed by atoms with Crippen molar-refractivity contribution in [1.29, 1.82) is 0 Å². The van der Waals surface area contributed by atoms with E-state index in [4.69, 9.17) is 28.9 Å². The summed E-state index contributed by atoms with van der Waals surface area (Å²) in [7, 11) is 0. The Labute approximate surface area is 87.3 Å². The molecule has 0 saturated heterocycles. The van der Waals surface area contributed by atoms with E-state index in [0.29, 0.717) is 15.8 Å². The van der Waals surface area contributed by atoms with Crippen LogP contribution in [0.5, 0.6) is 0 Å². The minimum Gasteiger partial charge on any atom is -0.323 e. The van der Waals surface area contributed by atoms with Crippen molar-refractivity contribution < 1.29 is 0 Å². The van der Waals surface area contributed by atoms with Crippen LogP contribution in [0.4, 0.5) is 0 Å². The number of hydrogen-bond acceptors (Lipinski definition) is 2. The van der Waals surface area contributed by atoms with Gasteiger partial charge in [0.25, 0.3) is 0 Å². The van der Waals surface area contributed by atoms with Crippen molar-refractivity contribution in [1.82, 2.24) is 0 Å². The molecule has 0 radical (unpaired) electrons. The lowest BCUT2D eigenvalue weighted by Gasteiger charge is -2.08. The first-order chi connectivity index (χ1) is 5.65. The average Bonchev–Trinajstić information content (AvgIpc) is 2.08. The van der Waals surface area contributed by atoms with Gasteiger partial charge in [-0.15, -0.1) is 0 Å². The second kappa shape index (κ2) is 4.38. The van der Waals surface area contributed by atoms with E-state index in [9.17, 15) is 0 Å². The molecule has 66 valence electrons. The van der Waals surface area contributed by atoms with E-state index in [1.807, 2.05) is 6.07 Å². The van der Waals surface area contributed by atoms with Crippen LogP contribution in [-0.2, 0) is 0 Å². The van der Waals surface area contributed by atoms with Gasteiger partial charge in [-0.3, -0.25) is 0 Å². The minimum absolute atomic E-state index is 0.0805. The summed E-state index contributed by atoms with van der Waals surface area (Å²) in [6.07, 6.45) is 0. The van der Waals surface area contributed by atoms with Gasteiger partial charge in [0.2, 0.25) is 0 Å². The molecule has 0 fully saturated rings. The van der Waals surface area contributed by atoms with E-state index >= 15 is 0 Å². The molecule has 1 atom stereocenters. The van der Waals surface area contributed by atoms with E-state index in [1.54, 1.807) is 12.1 Å². The SMILES string of the molecule is NC(CS)c1ccc(Cl)c(Cl)c1. The predicted octanol–water partition coefficient (Wildman–Crippen LogP) is 2.92. The van der Waals surface area contributed by atoms with Crippen LogP contribution in [0.25, 0.3) is 0 Å². The summed E-state index contributed by atoms with van der Waals surface area (Å²) in [6, 6.07) is 5.28. The summed E-state index contributed by atoms with van der Waals surface area (Å²) in [5, 5.41) is 1.08. The standard InChI is InChI=1S/C8H9Cl2NS/c9-6-2-1-5(3-7(6)10)8(11)4-12/h1-3,8,12H,4,11H2. The van der Waals surface area contributed by atoms with E-state index < -0.39 is 0 Å². The third-order valence-corrected chi connectivity index (χ3v) is 2.70. The van der Waals surface area contributed by atoms with Gasteiger partial charge < -0.3 is 5.73 Å². The van der Waals surface area contributed by atoms with Crippen LogP contribution in [0.2, 0.25) is 10.0 Å². The second-order valence-corrected chi connectivity index (χ2v) is 3.64. The Morgan fingerprint density at radius 3 is 2.50 bits per heavy atom. The quantitative estimate of drug-likeness (QED) is 0.739. The molecule has 0 aromatic heterocycles. The third kappa shape index (κ3) is 2.30. The van der Waals surface area contributed by atoms with Crippen molar-refractivity contribution >= 4 is 35.8 Å². The van der Waals surface area contributed by atoms with Crippen molar-refractivity contribution in [2.75, 3.05) is 5.75 Å². The normalized spacial score (nSPS) is 13.0. The van der Waals surface area contributed by atoms with Gasteiger partial charge in [-0.1, -0.05) is 29.3 Å². The summed E-state index contributed by atoms with van der Waals surface area (Å²) in [5.41, 5.74) is 6.69. The summed E-state index contributed by atoms with van der Waals surface area (Å²) in [5.74, 6) is 0.595. The van der Waals surface area contributed by atoms with Gasteiger partial charge in [-0.25, -0.2) is 0 Å². The first-order valence-electron chi connectivity index (χ1n) is 3.46. The maximum absolute atomic E-state index is 5.80. The summed E-state index contributed by atoms with van der Waals surface area (Å²) in [6.45, 7) is 0. The number of rotatable bonds is 2. The van der Waals surface area contributed by atoms with Gasteiger partial charge in [0.05, 0.1) is 10.0 Å². The molecule has 0 bridgehead atoms. The number of nitrogens with two attached hydrogens (primary N) is 1.